The maximum absolute atomic E-state index is 5.38. The van der Waals surface area contributed by atoms with Crippen LogP contribution in [0, 0.1) is 0 Å². The van der Waals surface area contributed by atoms with E-state index in [-0.39, 0.29) is 0 Å². The van der Waals surface area contributed by atoms with Crippen molar-refractivity contribution in [3.63, 3.8) is 0 Å². The van der Waals surface area contributed by atoms with E-state index in [0.717, 1.165) is 42.9 Å². The van der Waals surface area contributed by atoms with Gasteiger partial charge in [-0.05, 0) is 18.2 Å². The zero-order chi connectivity index (χ0) is 11.4. The molecule has 1 aliphatic rings. The smallest absolute Gasteiger partial charge is 0.123 e. The van der Waals surface area contributed by atoms with Crippen molar-refractivity contribution in [2.24, 2.45) is 0 Å². The summed E-state index contributed by atoms with van der Waals surface area (Å²) in [5.74, 6) is 0.974. The molecule has 0 spiro atoms. The predicted octanol–water partition coefficient (Wildman–Crippen LogP) is 1.86. The summed E-state index contributed by atoms with van der Waals surface area (Å²) < 4.78 is 6.49. The van der Waals surface area contributed by atoms with Crippen molar-refractivity contribution < 1.29 is 4.74 Å². The van der Waals surface area contributed by atoms with E-state index < -0.39 is 0 Å². The van der Waals surface area contributed by atoms with Crippen molar-refractivity contribution in [2.75, 3.05) is 33.3 Å². The van der Waals surface area contributed by atoms with Gasteiger partial charge in [-0.15, -0.1) is 0 Å². The molecule has 4 heteroatoms. The highest BCUT2D eigenvalue weighted by molar-refractivity contribution is 9.10. The van der Waals surface area contributed by atoms with E-state index in [9.17, 15) is 0 Å². The molecular weight excluding hydrogens is 268 g/mol. The zero-order valence-corrected chi connectivity index (χ0v) is 11.1. The lowest BCUT2D eigenvalue weighted by molar-refractivity contribution is 0.230. The summed E-state index contributed by atoms with van der Waals surface area (Å²) in [6, 6.07) is 6.17. The number of ether oxygens (including phenoxy) is 1. The highest BCUT2D eigenvalue weighted by Gasteiger charge is 2.12. The third-order valence-corrected chi connectivity index (χ3v) is 3.34. The Hall–Kier alpha value is -0.580. The predicted molar refractivity (Wildman–Crippen MR) is 68.8 cm³/mol. The first-order chi connectivity index (χ1) is 7.79. The first-order valence-corrected chi connectivity index (χ1v) is 6.34. The van der Waals surface area contributed by atoms with Crippen LogP contribution in [0.3, 0.4) is 0 Å². The lowest BCUT2D eigenvalue weighted by Gasteiger charge is -2.27. The van der Waals surface area contributed by atoms with E-state index in [4.69, 9.17) is 4.74 Å². The van der Waals surface area contributed by atoms with Crippen molar-refractivity contribution >= 4 is 15.9 Å². The summed E-state index contributed by atoms with van der Waals surface area (Å²) in [6.45, 7) is 5.34. The Morgan fingerprint density at radius 2 is 2.12 bits per heavy atom. The van der Waals surface area contributed by atoms with Gasteiger partial charge in [0.1, 0.15) is 5.75 Å². The van der Waals surface area contributed by atoms with Crippen LogP contribution in [-0.2, 0) is 6.54 Å². The molecule has 0 radical (unpaired) electrons. The van der Waals surface area contributed by atoms with Gasteiger partial charge in [-0.2, -0.15) is 0 Å². The maximum Gasteiger partial charge on any atom is 0.123 e. The molecule has 0 aromatic heterocycles. The number of benzene rings is 1. The first-order valence-electron chi connectivity index (χ1n) is 5.55. The molecule has 2 rings (SSSR count). The third kappa shape index (κ3) is 2.97. The van der Waals surface area contributed by atoms with Gasteiger partial charge in [0.05, 0.1) is 7.11 Å². The summed E-state index contributed by atoms with van der Waals surface area (Å²) in [7, 11) is 1.73. The molecule has 0 aliphatic carbocycles. The third-order valence-electron chi connectivity index (χ3n) is 2.85. The molecule has 1 heterocycles. The summed E-state index contributed by atoms with van der Waals surface area (Å²) >= 11 is 3.50. The average molecular weight is 285 g/mol. The van der Waals surface area contributed by atoms with Gasteiger partial charge >= 0.3 is 0 Å². The lowest BCUT2D eigenvalue weighted by atomic mass is 10.2. The lowest BCUT2D eigenvalue weighted by Crippen LogP contribution is -2.42. The van der Waals surface area contributed by atoms with Crippen LogP contribution in [0.5, 0.6) is 5.75 Å². The average Bonchev–Trinajstić information content (AvgIpc) is 2.31. The monoisotopic (exact) mass is 284 g/mol. The fraction of sp³-hybridized carbons (Fsp3) is 0.500. The van der Waals surface area contributed by atoms with Gasteiger partial charge in [0, 0.05) is 42.8 Å². The molecule has 0 bridgehead atoms. The normalized spacial score (nSPS) is 17.4. The van der Waals surface area contributed by atoms with E-state index in [1.165, 1.54) is 5.56 Å². The number of nitrogens with one attached hydrogen (secondary N) is 1. The number of hydrogen-bond acceptors (Lipinski definition) is 3. The quantitative estimate of drug-likeness (QED) is 0.917. The van der Waals surface area contributed by atoms with Crippen LogP contribution >= 0.6 is 15.9 Å². The number of rotatable bonds is 3. The minimum absolute atomic E-state index is 0.963. The molecule has 0 unspecified atom stereocenters. The van der Waals surface area contributed by atoms with Crippen LogP contribution in [0.25, 0.3) is 0 Å². The van der Waals surface area contributed by atoms with Crippen LogP contribution in [0.1, 0.15) is 5.56 Å². The molecule has 3 nitrogen and oxygen atoms in total. The van der Waals surface area contributed by atoms with Crippen molar-refractivity contribution in [2.45, 2.75) is 6.54 Å². The van der Waals surface area contributed by atoms with Gasteiger partial charge in [-0.25, -0.2) is 0 Å². The molecule has 1 N–H and O–H groups in total. The Bertz CT molecular complexity index is 351. The second-order valence-corrected chi connectivity index (χ2v) is 4.90. The molecule has 0 amide bonds. The molecule has 16 heavy (non-hydrogen) atoms. The molecule has 0 saturated carbocycles. The van der Waals surface area contributed by atoms with Crippen molar-refractivity contribution in [1.29, 1.82) is 0 Å². The zero-order valence-electron chi connectivity index (χ0n) is 9.50. The second kappa shape index (κ2) is 5.66. The fourth-order valence-corrected chi connectivity index (χ4v) is 2.39. The summed E-state index contributed by atoms with van der Waals surface area (Å²) in [6.07, 6.45) is 0. The SMILES string of the molecule is COc1ccc(Br)cc1CN1CCNCC1. The van der Waals surface area contributed by atoms with Gasteiger partial charge in [0.25, 0.3) is 0 Å². The Kier molecular flexibility index (Phi) is 4.21. The van der Waals surface area contributed by atoms with Crippen LogP contribution in [0.2, 0.25) is 0 Å². The minimum atomic E-state index is 0.963. The Morgan fingerprint density at radius 3 is 2.81 bits per heavy atom. The van der Waals surface area contributed by atoms with Gasteiger partial charge in [0.15, 0.2) is 0 Å². The Morgan fingerprint density at radius 1 is 1.38 bits per heavy atom. The molecular formula is C12H17BrN2O. The Balaban J connectivity index is 2.09. The van der Waals surface area contributed by atoms with Crippen molar-refractivity contribution in [1.82, 2.24) is 10.2 Å². The topological polar surface area (TPSA) is 24.5 Å². The number of nitrogens with zero attached hydrogens (tertiary/aromatic N) is 1. The number of piperazine rings is 1. The molecule has 88 valence electrons. The van der Waals surface area contributed by atoms with E-state index in [1.54, 1.807) is 7.11 Å². The maximum atomic E-state index is 5.38. The van der Waals surface area contributed by atoms with Crippen LogP contribution in [-0.4, -0.2) is 38.2 Å². The van der Waals surface area contributed by atoms with E-state index in [0.29, 0.717) is 0 Å². The van der Waals surface area contributed by atoms with Crippen LogP contribution in [0.4, 0.5) is 0 Å². The first kappa shape index (κ1) is 11.9. The molecule has 1 saturated heterocycles. The van der Waals surface area contributed by atoms with E-state index in [1.807, 2.05) is 12.1 Å². The number of hydrogen-bond donors (Lipinski definition) is 1. The molecule has 1 aliphatic heterocycles. The van der Waals surface area contributed by atoms with Gasteiger partial charge < -0.3 is 10.1 Å². The summed E-state index contributed by atoms with van der Waals surface area (Å²) in [5.41, 5.74) is 1.25. The van der Waals surface area contributed by atoms with Gasteiger partial charge in [0.2, 0.25) is 0 Å². The number of halogens is 1. The number of methoxy groups -OCH3 is 1. The molecule has 0 atom stereocenters. The Labute approximate surface area is 105 Å². The minimum Gasteiger partial charge on any atom is -0.496 e. The van der Waals surface area contributed by atoms with Crippen LogP contribution < -0.4 is 10.1 Å². The molecule has 1 aromatic carbocycles. The highest BCUT2D eigenvalue weighted by Crippen LogP contribution is 2.24. The van der Waals surface area contributed by atoms with E-state index >= 15 is 0 Å². The molecule has 1 fully saturated rings. The van der Waals surface area contributed by atoms with Gasteiger partial charge in [-0.1, -0.05) is 15.9 Å². The molecule has 1 aromatic rings. The van der Waals surface area contributed by atoms with Crippen molar-refractivity contribution in [3.8, 4) is 5.75 Å². The highest BCUT2D eigenvalue weighted by atomic mass is 79.9. The largest absolute Gasteiger partial charge is 0.496 e. The van der Waals surface area contributed by atoms with Gasteiger partial charge in [-0.3, -0.25) is 4.90 Å². The van der Waals surface area contributed by atoms with Crippen molar-refractivity contribution in [3.05, 3.63) is 28.2 Å². The second-order valence-electron chi connectivity index (χ2n) is 3.98. The summed E-state index contributed by atoms with van der Waals surface area (Å²) in [4.78, 5) is 2.45. The standard InChI is InChI=1S/C12H17BrN2O/c1-16-12-3-2-11(13)8-10(12)9-15-6-4-14-5-7-15/h2-3,8,14H,4-7,9H2,1H3. The summed E-state index contributed by atoms with van der Waals surface area (Å²) in [5, 5.41) is 3.36. The van der Waals surface area contributed by atoms with E-state index in [2.05, 4.69) is 32.2 Å². The fourth-order valence-electron chi connectivity index (χ4n) is 1.98. The van der Waals surface area contributed by atoms with Crippen LogP contribution in [0.15, 0.2) is 22.7 Å².